The van der Waals surface area contributed by atoms with Crippen molar-refractivity contribution in [2.24, 2.45) is 5.41 Å². The van der Waals surface area contributed by atoms with Crippen LogP contribution in [0.25, 0.3) is 5.70 Å². The van der Waals surface area contributed by atoms with Gasteiger partial charge in [0.15, 0.2) is 0 Å². The molecule has 0 aliphatic heterocycles. The van der Waals surface area contributed by atoms with E-state index in [1.807, 2.05) is 0 Å². The lowest BCUT2D eigenvalue weighted by Crippen LogP contribution is -2.42. The molecule has 5 heteroatoms. The van der Waals surface area contributed by atoms with E-state index in [1.165, 1.54) is 68.5 Å². The molecule has 1 aliphatic rings. The summed E-state index contributed by atoms with van der Waals surface area (Å²) >= 11 is 0. The molecule has 0 radical (unpaired) electrons. The van der Waals surface area contributed by atoms with Crippen LogP contribution < -0.4 is 10.6 Å². The highest BCUT2D eigenvalue weighted by molar-refractivity contribution is 7.37. The van der Waals surface area contributed by atoms with E-state index >= 15 is 0 Å². The van der Waals surface area contributed by atoms with E-state index in [1.54, 1.807) is 13.1 Å². The predicted molar refractivity (Wildman–Crippen MR) is 141 cm³/mol. The predicted octanol–water partition coefficient (Wildman–Crippen LogP) is 8.18. The molecule has 0 heterocycles. The second-order valence-electron chi connectivity index (χ2n) is 9.43. The average Bonchev–Trinajstić information content (AvgIpc) is 2.78. The van der Waals surface area contributed by atoms with Gasteiger partial charge in [-0.3, -0.25) is 0 Å². The van der Waals surface area contributed by atoms with E-state index in [-0.39, 0.29) is 17.0 Å². The lowest BCUT2D eigenvalue weighted by Gasteiger charge is -2.49. The van der Waals surface area contributed by atoms with Crippen molar-refractivity contribution in [3.05, 3.63) is 71.8 Å². The maximum Gasteiger partial charge on any atom is 0.270 e. The van der Waals surface area contributed by atoms with Gasteiger partial charge < -0.3 is 10.6 Å². The van der Waals surface area contributed by atoms with Gasteiger partial charge >= 0.3 is 0 Å². The summed E-state index contributed by atoms with van der Waals surface area (Å²) < 4.78 is 27.8. The van der Waals surface area contributed by atoms with Crippen molar-refractivity contribution in [2.75, 3.05) is 24.7 Å². The number of halogens is 2. The molecule has 1 fully saturated rings. The molecular formula is C28H39F2N2P. The number of hydrogen-bond acceptors (Lipinski definition) is 2. The molecule has 1 aliphatic carbocycles. The minimum atomic E-state index is -2.88. The van der Waals surface area contributed by atoms with Gasteiger partial charge in [0, 0.05) is 36.5 Å². The smallest absolute Gasteiger partial charge is 0.270 e. The average molecular weight is 473 g/mol. The van der Waals surface area contributed by atoms with E-state index in [4.69, 9.17) is 0 Å². The van der Waals surface area contributed by atoms with Crippen LogP contribution in [0.15, 0.2) is 55.1 Å². The van der Waals surface area contributed by atoms with Crippen molar-refractivity contribution in [1.82, 2.24) is 5.32 Å². The fourth-order valence-corrected chi connectivity index (χ4v) is 5.99. The van der Waals surface area contributed by atoms with E-state index in [9.17, 15) is 8.78 Å². The number of anilines is 1. The summed E-state index contributed by atoms with van der Waals surface area (Å²) in [6.07, 6.45) is 10.1. The Morgan fingerprint density at radius 3 is 2.45 bits per heavy atom. The summed E-state index contributed by atoms with van der Waals surface area (Å²) in [6.45, 7) is 7.54. The normalized spacial score (nSPS) is 16.4. The second kappa shape index (κ2) is 11.5. The summed E-state index contributed by atoms with van der Waals surface area (Å²) in [6, 6.07) is 15.6. The van der Waals surface area contributed by atoms with Crippen LogP contribution in [0.1, 0.15) is 75.1 Å². The molecule has 0 bridgehead atoms. The molecule has 2 N–H and O–H groups in total. The van der Waals surface area contributed by atoms with Crippen LogP contribution in [0.5, 0.6) is 0 Å². The maximum absolute atomic E-state index is 13.9. The largest absolute Gasteiger partial charge is 0.388 e. The summed E-state index contributed by atoms with van der Waals surface area (Å²) in [7, 11) is 2.83. The molecule has 0 spiro atoms. The molecule has 2 nitrogen and oxygen atoms in total. The zero-order valence-electron chi connectivity index (χ0n) is 20.3. The molecule has 2 atom stereocenters. The fourth-order valence-electron chi connectivity index (χ4n) is 4.96. The third-order valence-corrected chi connectivity index (χ3v) is 8.55. The first-order valence-electron chi connectivity index (χ1n) is 12.2. The lowest BCUT2D eigenvalue weighted by atomic mass is 9.60. The first kappa shape index (κ1) is 25.7. The molecule has 180 valence electrons. The minimum Gasteiger partial charge on any atom is -0.388 e. The Hall–Kier alpha value is -1.93. The van der Waals surface area contributed by atoms with Gasteiger partial charge in [-0.25, -0.2) is 8.78 Å². The van der Waals surface area contributed by atoms with E-state index in [0.29, 0.717) is 5.69 Å². The first-order chi connectivity index (χ1) is 15.8. The maximum atomic E-state index is 13.9. The van der Waals surface area contributed by atoms with Gasteiger partial charge in [0.05, 0.1) is 6.04 Å². The highest BCUT2D eigenvalue weighted by Crippen LogP contribution is 2.54. The second-order valence-corrected chi connectivity index (χ2v) is 10.9. The van der Waals surface area contributed by atoms with Crippen LogP contribution >= 0.6 is 8.58 Å². The van der Waals surface area contributed by atoms with Crippen molar-refractivity contribution < 1.29 is 8.78 Å². The zero-order chi connectivity index (χ0) is 23.9. The van der Waals surface area contributed by atoms with Crippen LogP contribution in [0.4, 0.5) is 14.5 Å². The molecule has 0 amide bonds. The van der Waals surface area contributed by atoms with Crippen molar-refractivity contribution in [1.29, 1.82) is 0 Å². The number of nitrogens with one attached hydrogen (secondary N) is 2. The third-order valence-electron chi connectivity index (χ3n) is 6.99. The highest BCUT2D eigenvalue weighted by Gasteiger charge is 2.44. The Morgan fingerprint density at radius 1 is 1.15 bits per heavy atom. The zero-order valence-corrected chi connectivity index (χ0v) is 21.3. The quantitative estimate of drug-likeness (QED) is 0.227. The molecular weight excluding hydrogens is 433 g/mol. The monoisotopic (exact) mass is 472 g/mol. The molecule has 2 aromatic rings. The first-order valence-corrected chi connectivity index (χ1v) is 13.6. The van der Waals surface area contributed by atoms with Gasteiger partial charge in [-0.05, 0) is 55.1 Å². The summed E-state index contributed by atoms with van der Waals surface area (Å²) in [4.78, 5) is 0. The third kappa shape index (κ3) is 6.35. The molecule has 0 aromatic heterocycles. The van der Waals surface area contributed by atoms with Crippen LogP contribution in [0.2, 0.25) is 0 Å². The van der Waals surface area contributed by atoms with E-state index in [0.717, 1.165) is 26.8 Å². The SMILES string of the molecule is C=C(NC(c1ccccc1)C1(CCCPCCC)CCC1)c1ccc(C(C)(F)F)cc1NC. The number of rotatable bonds is 13. The Morgan fingerprint density at radius 2 is 1.88 bits per heavy atom. The molecule has 0 saturated heterocycles. The van der Waals surface area contributed by atoms with Crippen LogP contribution in [-0.4, -0.2) is 19.4 Å². The molecule has 1 saturated carbocycles. The molecule has 33 heavy (non-hydrogen) atoms. The van der Waals surface area contributed by atoms with Crippen molar-refractivity contribution >= 4 is 20.0 Å². The Labute approximate surface area is 200 Å². The number of alkyl halides is 2. The van der Waals surface area contributed by atoms with Crippen LogP contribution in [-0.2, 0) is 5.92 Å². The topological polar surface area (TPSA) is 24.1 Å². The van der Waals surface area contributed by atoms with Gasteiger partial charge in [-0.2, -0.15) is 0 Å². The number of hydrogen-bond donors (Lipinski definition) is 2. The highest BCUT2D eigenvalue weighted by atomic mass is 31.1. The van der Waals surface area contributed by atoms with Crippen LogP contribution in [0.3, 0.4) is 0 Å². The van der Waals surface area contributed by atoms with Gasteiger partial charge in [-0.1, -0.05) is 68.8 Å². The Balaban J connectivity index is 1.85. The molecule has 2 aromatic carbocycles. The summed E-state index contributed by atoms with van der Waals surface area (Å²) in [5.74, 6) is -2.88. The van der Waals surface area contributed by atoms with Crippen molar-refractivity contribution in [3.8, 4) is 0 Å². The van der Waals surface area contributed by atoms with Crippen molar-refractivity contribution in [2.45, 2.75) is 64.3 Å². The summed E-state index contributed by atoms with van der Waals surface area (Å²) in [5, 5.41) is 6.85. The Kier molecular flexibility index (Phi) is 8.93. The minimum absolute atomic E-state index is 0.00591. The van der Waals surface area contributed by atoms with Gasteiger partial charge in [0.2, 0.25) is 0 Å². The van der Waals surface area contributed by atoms with E-state index < -0.39 is 5.92 Å². The molecule has 2 unspecified atom stereocenters. The van der Waals surface area contributed by atoms with Gasteiger partial charge in [0.25, 0.3) is 5.92 Å². The van der Waals surface area contributed by atoms with E-state index in [2.05, 4.69) is 54.5 Å². The lowest BCUT2D eigenvalue weighted by molar-refractivity contribution is 0.0175. The van der Waals surface area contributed by atoms with Gasteiger partial charge in [-0.15, -0.1) is 8.58 Å². The van der Waals surface area contributed by atoms with Gasteiger partial charge in [0.1, 0.15) is 0 Å². The molecule has 3 rings (SSSR count). The fraction of sp³-hybridized carbons (Fsp3) is 0.500. The standard InChI is InChI=1S/C28H39F2N2P/c1-5-18-33-19-10-17-28(15-9-16-28)26(22-11-7-6-8-12-22)32-21(2)24-14-13-23(27(3,29)30)20-25(24)31-4/h6-8,11-14,20,26,31-33H,2,5,9-10,15-19H2,1,3-4H3. The van der Waals surface area contributed by atoms with Crippen LogP contribution in [0, 0.1) is 5.41 Å². The Bertz CT molecular complexity index is 904. The van der Waals surface area contributed by atoms with Crippen molar-refractivity contribution in [3.63, 3.8) is 0 Å². The number of benzene rings is 2. The summed E-state index contributed by atoms with van der Waals surface area (Å²) in [5.41, 5.74) is 3.78.